The lowest BCUT2D eigenvalue weighted by atomic mass is 9.65. The summed E-state index contributed by atoms with van der Waals surface area (Å²) in [5, 5.41) is 24.2. The number of nitrogens with two attached hydrogens (primary N) is 1. The van der Waals surface area contributed by atoms with Crippen LogP contribution in [0.4, 0.5) is 11.8 Å². The van der Waals surface area contributed by atoms with Crippen LogP contribution in [-0.4, -0.2) is 66.9 Å². The number of ether oxygens (including phenoxy) is 2. The van der Waals surface area contributed by atoms with Gasteiger partial charge >= 0.3 is 17.9 Å². The number of carboxylic acids is 2. The van der Waals surface area contributed by atoms with Crippen LogP contribution in [0.15, 0.2) is 116 Å². The molecule has 0 aliphatic carbocycles. The minimum Gasteiger partial charge on any atom is -0.478 e. The summed E-state index contributed by atoms with van der Waals surface area (Å²) in [6.45, 7) is 2.05. The number of hydrogen-bond acceptors (Lipinski definition) is 10. The number of aromatic carboxylic acids is 2. The van der Waals surface area contributed by atoms with Crippen LogP contribution < -0.4 is 11.1 Å². The number of nitrogens with zero attached hydrogens (tertiary/aromatic N) is 4. The Bertz CT molecular complexity index is 2300. The van der Waals surface area contributed by atoms with Crippen molar-refractivity contribution in [1.29, 1.82) is 0 Å². The summed E-state index contributed by atoms with van der Waals surface area (Å²) >= 11 is 0. The SMILES string of the molecule is C[C@]1(c2ccccc2C(=O)O)[C@@H](c2ccccc2C(=O)O)[C@H](COC(=O)c2ccccc2)O[C@H]1n1cnc2c(NCCc3ccccc3)nc(N)nc21. The molecule has 53 heavy (non-hydrogen) atoms. The van der Waals surface area contributed by atoms with E-state index in [2.05, 4.69) is 20.3 Å². The van der Waals surface area contributed by atoms with Gasteiger partial charge in [0.15, 0.2) is 17.0 Å². The monoisotopic (exact) mass is 712 g/mol. The van der Waals surface area contributed by atoms with Crippen LogP contribution in [0.25, 0.3) is 11.2 Å². The van der Waals surface area contributed by atoms with Crippen molar-refractivity contribution < 1.29 is 34.1 Å². The molecule has 268 valence electrons. The van der Waals surface area contributed by atoms with E-state index in [1.54, 1.807) is 71.3 Å². The summed E-state index contributed by atoms with van der Waals surface area (Å²) < 4.78 is 14.4. The number of carbonyl (C=O) groups excluding carboxylic acids is 1. The highest BCUT2D eigenvalue weighted by Gasteiger charge is 2.58. The summed E-state index contributed by atoms with van der Waals surface area (Å²) in [5.41, 5.74) is 7.80. The Balaban J connectivity index is 1.38. The van der Waals surface area contributed by atoms with Crippen molar-refractivity contribution in [2.45, 2.75) is 37.0 Å². The van der Waals surface area contributed by atoms with E-state index >= 15 is 0 Å². The zero-order valence-corrected chi connectivity index (χ0v) is 28.6. The number of anilines is 2. The average Bonchev–Trinajstić information content (AvgIpc) is 3.72. The molecule has 0 amide bonds. The Kier molecular flexibility index (Phi) is 9.57. The molecule has 6 aromatic rings. The Morgan fingerprint density at radius 2 is 1.51 bits per heavy atom. The zero-order valence-electron chi connectivity index (χ0n) is 28.6. The van der Waals surface area contributed by atoms with Gasteiger partial charge in [0.05, 0.1) is 23.0 Å². The van der Waals surface area contributed by atoms with Crippen LogP contribution in [0, 0.1) is 0 Å². The summed E-state index contributed by atoms with van der Waals surface area (Å²) in [6.07, 6.45) is 0.190. The molecule has 2 aromatic heterocycles. The number of imidazole rings is 1. The second kappa shape index (κ2) is 14.6. The van der Waals surface area contributed by atoms with E-state index in [0.717, 1.165) is 5.56 Å². The van der Waals surface area contributed by atoms with Crippen LogP contribution in [0.1, 0.15) is 66.8 Å². The number of fused-ring (bicyclic) bond motifs is 1. The Morgan fingerprint density at radius 3 is 2.23 bits per heavy atom. The first kappa shape index (κ1) is 34.8. The van der Waals surface area contributed by atoms with Gasteiger partial charge in [-0.1, -0.05) is 91.9 Å². The molecule has 1 fully saturated rings. The van der Waals surface area contributed by atoms with Gasteiger partial charge in [0, 0.05) is 17.9 Å². The van der Waals surface area contributed by atoms with Gasteiger partial charge in [-0.3, -0.25) is 4.57 Å². The minimum absolute atomic E-state index is 0.00729. The first-order valence-electron chi connectivity index (χ1n) is 17.0. The largest absolute Gasteiger partial charge is 0.478 e. The molecule has 0 bridgehead atoms. The number of hydrogen-bond donors (Lipinski definition) is 4. The lowest BCUT2D eigenvalue weighted by Gasteiger charge is -2.38. The number of benzene rings is 4. The number of carbonyl (C=O) groups is 3. The van der Waals surface area contributed by atoms with E-state index in [4.69, 9.17) is 15.2 Å². The number of rotatable bonds is 12. The first-order chi connectivity index (χ1) is 25.7. The van der Waals surface area contributed by atoms with Gasteiger partial charge < -0.3 is 30.7 Å². The molecule has 3 heterocycles. The van der Waals surface area contributed by atoms with E-state index in [1.807, 2.05) is 37.3 Å². The van der Waals surface area contributed by atoms with Gasteiger partial charge in [0.1, 0.15) is 18.9 Å². The van der Waals surface area contributed by atoms with Crippen molar-refractivity contribution in [3.05, 3.63) is 149 Å². The van der Waals surface area contributed by atoms with E-state index < -0.39 is 41.6 Å². The van der Waals surface area contributed by atoms with Gasteiger partial charge in [-0.2, -0.15) is 9.97 Å². The van der Waals surface area contributed by atoms with Crippen LogP contribution in [-0.2, 0) is 21.3 Å². The molecule has 13 heteroatoms. The highest BCUT2D eigenvalue weighted by molar-refractivity contribution is 5.92. The van der Waals surface area contributed by atoms with Crippen molar-refractivity contribution in [2.75, 3.05) is 24.2 Å². The topological polar surface area (TPSA) is 192 Å². The highest BCUT2D eigenvalue weighted by Crippen LogP contribution is 2.57. The van der Waals surface area contributed by atoms with Gasteiger partial charge in [-0.25, -0.2) is 19.4 Å². The molecular formula is C40H36N6O7. The number of carboxylic acid groups (broad SMARTS) is 2. The highest BCUT2D eigenvalue weighted by atomic mass is 16.6. The quantitative estimate of drug-likeness (QED) is 0.109. The molecule has 0 radical (unpaired) electrons. The summed E-state index contributed by atoms with van der Waals surface area (Å²) in [4.78, 5) is 52.4. The van der Waals surface area contributed by atoms with Crippen molar-refractivity contribution in [3.8, 4) is 0 Å². The van der Waals surface area contributed by atoms with Crippen LogP contribution >= 0.6 is 0 Å². The molecule has 4 aromatic carbocycles. The van der Waals surface area contributed by atoms with Gasteiger partial charge in [0.25, 0.3) is 0 Å². The number of esters is 1. The molecule has 1 aliphatic rings. The lowest BCUT2D eigenvalue weighted by Crippen LogP contribution is -2.38. The van der Waals surface area contributed by atoms with Crippen molar-refractivity contribution >= 4 is 40.8 Å². The van der Waals surface area contributed by atoms with E-state index in [1.165, 1.54) is 18.5 Å². The Labute approximate surface area is 304 Å². The zero-order chi connectivity index (χ0) is 37.1. The second-order valence-electron chi connectivity index (χ2n) is 12.9. The van der Waals surface area contributed by atoms with Crippen LogP contribution in [0.5, 0.6) is 0 Å². The maximum absolute atomic E-state index is 13.2. The fourth-order valence-electron chi connectivity index (χ4n) is 7.35. The smallest absolute Gasteiger partial charge is 0.338 e. The van der Waals surface area contributed by atoms with Gasteiger partial charge in [-0.15, -0.1) is 0 Å². The molecule has 0 spiro atoms. The first-order valence-corrected chi connectivity index (χ1v) is 17.0. The van der Waals surface area contributed by atoms with Crippen LogP contribution in [0.2, 0.25) is 0 Å². The Hall–Kier alpha value is -6.60. The molecule has 1 aliphatic heterocycles. The molecule has 7 rings (SSSR count). The molecule has 13 nitrogen and oxygen atoms in total. The van der Waals surface area contributed by atoms with Gasteiger partial charge in [-0.05, 0) is 47.4 Å². The second-order valence-corrected chi connectivity index (χ2v) is 12.9. The number of nitrogen functional groups attached to an aromatic ring is 1. The van der Waals surface area contributed by atoms with Crippen molar-refractivity contribution in [2.24, 2.45) is 0 Å². The van der Waals surface area contributed by atoms with E-state index in [0.29, 0.717) is 46.6 Å². The average molecular weight is 713 g/mol. The van der Waals surface area contributed by atoms with Crippen molar-refractivity contribution in [1.82, 2.24) is 19.5 Å². The van der Waals surface area contributed by atoms with Gasteiger partial charge in [0.2, 0.25) is 5.95 Å². The number of nitrogens with one attached hydrogen (secondary N) is 1. The van der Waals surface area contributed by atoms with E-state index in [-0.39, 0.29) is 23.7 Å². The Morgan fingerprint density at radius 1 is 0.868 bits per heavy atom. The molecule has 4 atom stereocenters. The molecular weight excluding hydrogens is 676 g/mol. The summed E-state index contributed by atoms with van der Waals surface area (Å²) in [7, 11) is 0. The van der Waals surface area contributed by atoms with Crippen molar-refractivity contribution in [3.63, 3.8) is 0 Å². The summed E-state index contributed by atoms with van der Waals surface area (Å²) in [5.74, 6) is -3.48. The third-order valence-corrected chi connectivity index (χ3v) is 9.73. The maximum atomic E-state index is 13.2. The summed E-state index contributed by atoms with van der Waals surface area (Å²) in [6, 6.07) is 31.4. The normalized spacial score (nSPS) is 19.5. The fraction of sp³-hybridized carbons (Fsp3) is 0.200. The predicted molar refractivity (Wildman–Crippen MR) is 196 cm³/mol. The molecule has 5 N–H and O–H groups in total. The molecule has 1 saturated heterocycles. The fourth-order valence-corrected chi connectivity index (χ4v) is 7.35. The lowest BCUT2D eigenvalue weighted by molar-refractivity contribution is -0.0432. The number of aromatic nitrogens is 4. The third-order valence-electron chi connectivity index (χ3n) is 9.73. The maximum Gasteiger partial charge on any atom is 0.338 e. The minimum atomic E-state index is -1.33. The standard InChI is InChI=1S/C40H36N6O7/c1-40(29-19-11-10-18-28(29)36(49)50)31(26-16-8-9-17-27(26)35(47)48)30(22-52-37(51)25-14-6-3-7-15-25)53-38(40)46-23-43-32-33(44-39(41)45-34(32)46)42-21-20-24-12-4-2-5-13-24/h2-19,23,30-31,38H,20-22H2,1H3,(H,47,48)(H,49,50)(H3,41,42,44,45)/t30-,31-,38+,40-/m0/s1. The molecule has 0 saturated carbocycles. The third kappa shape index (κ3) is 6.65. The predicted octanol–water partition coefficient (Wildman–Crippen LogP) is 5.96. The molecule has 0 unspecified atom stereocenters. The van der Waals surface area contributed by atoms with Crippen LogP contribution in [0.3, 0.4) is 0 Å². The van der Waals surface area contributed by atoms with E-state index in [9.17, 15) is 24.6 Å².